The van der Waals surface area contributed by atoms with Crippen molar-refractivity contribution in [3.8, 4) is 0 Å². The molecule has 138 valence electrons. The smallest absolute Gasteiger partial charge is 0.217 e. The Bertz CT molecular complexity index is 783. The van der Waals surface area contributed by atoms with Crippen LogP contribution in [0.4, 0.5) is 0 Å². The van der Waals surface area contributed by atoms with Gasteiger partial charge in [0, 0.05) is 37.6 Å². The van der Waals surface area contributed by atoms with Crippen LogP contribution in [0, 0.1) is 5.92 Å². The highest BCUT2D eigenvalue weighted by Gasteiger charge is 2.23. The Hall–Kier alpha value is -2.63. The number of primary amides is 1. The minimum atomic E-state index is -0.220. The Balaban J connectivity index is 1.77. The van der Waals surface area contributed by atoms with Crippen LogP contribution in [0.5, 0.6) is 0 Å². The Kier molecular flexibility index (Phi) is 6.04. The zero-order valence-corrected chi connectivity index (χ0v) is 15.3. The maximum atomic E-state index is 11.3. The van der Waals surface area contributed by atoms with Gasteiger partial charge in [0.15, 0.2) is 5.96 Å². The number of pyridine rings is 1. The Morgan fingerprint density at radius 2 is 2.23 bits per heavy atom. The molecule has 1 aromatic carbocycles. The van der Waals surface area contributed by atoms with E-state index in [0.717, 1.165) is 54.9 Å². The normalized spacial score (nSPS) is 18.1. The van der Waals surface area contributed by atoms with Gasteiger partial charge in [-0.25, -0.2) is 4.99 Å². The van der Waals surface area contributed by atoms with Gasteiger partial charge in [0.05, 0.1) is 12.1 Å². The summed E-state index contributed by atoms with van der Waals surface area (Å²) in [5.74, 6) is 0.997. The van der Waals surface area contributed by atoms with E-state index in [1.165, 1.54) is 0 Å². The number of para-hydroxylation sites is 1. The largest absolute Gasteiger partial charge is 0.370 e. The lowest BCUT2D eigenvalue weighted by molar-refractivity contribution is -0.119. The number of fused-ring (bicyclic) bond motifs is 1. The first kappa shape index (κ1) is 18.2. The van der Waals surface area contributed by atoms with E-state index < -0.39 is 0 Å². The maximum absolute atomic E-state index is 11.3. The van der Waals surface area contributed by atoms with Gasteiger partial charge in [-0.15, -0.1) is 0 Å². The van der Waals surface area contributed by atoms with E-state index >= 15 is 0 Å². The number of nitrogens with two attached hydrogens (primary N) is 1. The maximum Gasteiger partial charge on any atom is 0.217 e. The summed E-state index contributed by atoms with van der Waals surface area (Å²) in [4.78, 5) is 22.8. The number of piperidine rings is 1. The van der Waals surface area contributed by atoms with Crippen molar-refractivity contribution >= 4 is 22.8 Å². The third-order valence-electron chi connectivity index (χ3n) is 4.78. The van der Waals surface area contributed by atoms with Gasteiger partial charge in [0.1, 0.15) is 0 Å². The molecular formula is C20H27N5O. The molecular weight excluding hydrogens is 326 g/mol. The van der Waals surface area contributed by atoms with E-state index in [-0.39, 0.29) is 5.91 Å². The van der Waals surface area contributed by atoms with Gasteiger partial charge in [-0.1, -0.05) is 18.2 Å². The molecule has 0 spiro atoms. The van der Waals surface area contributed by atoms with E-state index in [1.54, 1.807) is 0 Å². The Morgan fingerprint density at radius 3 is 3.04 bits per heavy atom. The highest BCUT2D eigenvalue weighted by molar-refractivity contribution is 5.83. The van der Waals surface area contributed by atoms with Gasteiger partial charge in [-0.3, -0.25) is 9.78 Å². The molecule has 3 N–H and O–H groups in total. The molecule has 1 saturated heterocycles. The summed E-state index contributed by atoms with van der Waals surface area (Å²) in [7, 11) is 0. The summed E-state index contributed by atoms with van der Waals surface area (Å²) < 4.78 is 0. The van der Waals surface area contributed by atoms with Crippen molar-refractivity contribution in [2.75, 3.05) is 19.6 Å². The molecule has 6 heteroatoms. The number of rotatable bonds is 5. The third kappa shape index (κ3) is 4.50. The molecule has 0 saturated carbocycles. The number of benzene rings is 1. The number of carbonyl (C=O) groups excluding carboxylic acids is 1. The van der Waals surface area contributed by atoms with Crippen LogP contribution >= 0.6 is 0 Å². The van der Waals surface area contributed by atoms with Crippen molar-refractivity contribution in [2.24, 2.45) is 16.6 Å². The first-order chi connectivity index (χ1) is 12.7. The molecule has 2 heterocycles. The predicted molar refractivity (Wildman–Crippen MR) is 105 cm³/mol. The van der Waals surface area contributed by atoms with E-state index in [1.807, 2.05) is 30.5 Å². The summed E-state index contributed by atoms with van der Waals surface area (Å²) in [5, 5.41) is 4.53. The highest BCUT2D eigenvalue weighted by Crippen LogP contribution is 2.20. The van der Waals surface area contributed by atoms with Crippen molar-refractivity contribution in [1.29, 1.82) is 0 Å². The lowest BCUT2D eigenvalue weighted by atomic mass is 9.95. The molecule has 6 nitrogen and oxygen atoms in total. The summed E-state index contributed by atoms with van der Waals surface area (Å²) in [6.45, 7) is 5.27. The number of likely N-dealkylation sites (tertiary alicyclic amines) is 1. The van der Waals surface area contributed by atoms with Crippen LogP contribution in [0.3, 0.4) is 0 Å². The van der Waals surface area contributed by atoms with Crippen LogP contribution in [0.15, 0.2) is 41.5 Å². The number of aliphatic imine (C=N–C) groups is 1. The Labute approximate surface area is 154 Å². The fourth-order valence-corrected chi connectivity index (χ4v) is 3.59. The summed E-state index contributed by atoms with van der Waals surface area (Å²) in [6.07, 6.45) is 4.39. The number of hydrogen-bond acceptors (Lipinski definition) is 3. The first-order valence-corrected chi connectivity index (χ1v) is 9.31. The van der Waals surface area contributed by atoms with Gasteiger partial charge in [-0.05, 0) is 43.4 Å². The quantitative estimate of drug-likeness (QED) is 0.638. The lowest BCUT2D eigenvalue weighted by Gasteiger charge is -2.34. The standard InChI is InChI=1S/C20H27N5O/c1-2-22-20(25-11-5-6-15(14-25)12-19(21)26)24-13-16-9-10-23-18-8-4-3-7-17(16)18/h3-4,7-10,15H,2,5-6,11-14H2,1H3,(H2,21,26)(H,22,24). The van der Waals surface area contributed by atoms with Gasteiger partial charge < -0.3 is 16.0 Å². The zero-order valence-electron chi connectivity index (χ0n) is 15.3. The molecule has 0 aliphatic carbocycles. The van der Waals surface area contributed by atoms with Crippen molar-refractivity contribution in [2.45, 2.75) is 32.7 Å². The fraction of sp³-hybridized carbons (Fsp3) is 0.450. The molecule has 3 rings (SSSR count). The third-order valence-corrected chi connectivity index (χ3v) is 4.78. The van der Waals surface area contributed by atoms with Crippen molar-refractivity contribution in [3.05, 3.63) is 42.1 Å². The van der Waals surface area contributed by atoms with Crippen LogP contribution in [-0.2, 0) is 11.3 Å². The van der Waals surface area contributed by atoms with Gasteiger partial charge >= 0.3 is 0 Å². The molecule has 1 amide bonds. The molecule has 1 unspecified atom stereocenters. The molecule has 2 aromatic rings. The van der Waals surface area contributed by atoms with E-state index in [4.69, 9.17) is 10.7 Å². The second-order valence-electron chi connectivity index (χ2n) is 6.78. The van der Waals surface area contributed by atoms with Crippen molar-refractivity contribution < 1.29 is 4.79 Å². The molecule has 1 aromatic heterocycles. The first-order valence-electron chi connectivity index (χ1n) is 9.31. The van der Waals surface area contributed by atoms with Gasteiger partial charge in [0.2, 0.25) is 5.91 Å². The van der Waals surface area contributed by atoms with Crippen LogP contribution in [-0.4, -0.2) is 41.4 Å². The number of nitrogens with one attached hydrogen (secondary N) is 1. The predicted octanol–water partition coefficient (Wildman–Crippen LogP) is 2.29. The minimum absolute atomic E-state index is 0.220. The summed E-state index contributed by atoms with van der Waals surface area (Å²) in [6, 6.07) is 10.2. The van der Waals surface area contributed by atoms with Gasteiger partial charge in [0.25, 0.3) is 0 Å². The summed E-state index contributed by atoms with van der Waals surface area (Å²) in [5.41, 5.74) is 7.54. The molecule has 1 atom stereocenters. The van der Waals surface area contributed by atoms with Crippen molar-refractivity contribution in [1.82, 2.24) is 15.2 Å². The number of carbonyl (C=O) groups is 1. The lowest BCUT2D eigenvalue weighted by Crippen LogP contribution is -2.47. The fourth-order valence-electron chi connectivity index (χ4n) is 3.59. The Morgan fingerprint density at radius 1 is 1.38 bits per heavy atom. The van der Waals surface area contributed by atoms with Crippen LogP contribution in [0.1, 0.15) is 31.7 Å². The van der Waals surface area contributed by atoms with Crippen molar-refractivity contribution in [3.63, 3.8) is 0 Å². The topological polar surface area (TPSA) is 83.6 Å². The molecule has 1 aliphatic rings. The molecule has 0 radical (unpaired) electrons. The van der Waals surface area contributed by atoms with E-state index in [2.05, 4.69) is 28.2 Å². The zero-order chi connectivity index (χ0) is 18.4. The second-order valence-corrected chi connectivity index (χ2v) is 6.78. The number of guanidine groups is 1. The number of nitrogens with zero attached hydrogens (tertiary/aromatic N) is 3. The minimum Gasteiger partial charge on any atom is -0.370 e. The highest BCUT2D eigenvalue weighted by atomic mass is 16.1. The average molecular weight is 353 g/mol. The van der Waals surface area contributed by atoms with E-state index in [0.29, 0.717) is 18.9 Å². The van der Waals surface area contributed by atoms with Crippen LogP contribution in [0.2, 0.25) is 0 Å². The van der Waals surface area contributed by atoms with E-state index in [9.17, 15) is 4.79 Å². The molecule has 0 bridgehead atoms. The number of aromatic nitrogens is 1. The monoisotopic (exact) mass is 353 g/mol. The second kappa shape index (κ2) is 8.65. The van der Waals surface area contributed by atoms with Crippen LogP contribution in [0.25, 0.3) is 10.9 Å². The number of amides is 1. The SMILES string of the molecule is CCNC(=NCc1ccnc2ccccc12)N1CCCC(CC(N)=O)C1. The average Bonchev–Trinajstić information content (AvgIpc) is 2.65. The summed E-state index contributed by atoms with van der Waals surface area (Å²) >= 11 is 0. The van der Waals surface area contributed by atoms with Gasteiger partial charge in [-0.2, -0.15) is 0 Å². The number of hydrogen-bond donors (Lipinski definition) is 2. The van der Waals surface area contributed by atoms with Crippen LogP contribution < -0.4 is 11.1 Å². The molecule has 26 heavy (non-hydrogen) atoms. The molecule has 1 fully saturated rings. The molecule has 1 aliphatic heterocycles.